The average Bonchev–Trinajstić information content (AvgIpc) is 2.79. The number of sulfone groups is 1. The number of nitrogens with zero attached hydrogens (tertiary/aromatic N) is 2. The second kappa shape index (κ2) is 6.11. The van der Waals surface area contributed by atoms with Crippen LogP contribution in [-0.2, 0) is 22.3 Å². The molecule has 0 atom stereocenters. The average molecular weight is 333 g/mol. The van der Waals surface area contributed by atoms with E-state index >= 15 is 0 Å². The zero-order valence-electron chi connectivity index (χ0n) is 12.1. The van der Waals surface area contributed by atoms with Crippen LogP contribution in [0.3, 0.4) is 0 Å². The number of hydrogen-bond donors (Lipinski definition) is 0. The van der Waals surface area contributed by atoms with Gasteiger partial charge in [-0.1, -0.05) is 0 Å². The van der Waals surface area contributed by atoms with Gasteiger partial charge >= 0.3 is 0 Å². The second-order valence-corrected chi connectivity index (χ2v) is 7.17. The van der Waals surface area contributed by atoms with Gasteiger partial charge in [0.15, 0.2) is 11.5 Å². The van der Waals surface area contributed by atoms with Crippen molar-refractivity contribution < 1.29 is 17.9 Å². The molecule has 1 aromatic heterocycles. The minimum Gasteiger partial charge on any atom is -0.493 e. The lowest BCUT2D eigenvalue weighted by Crippen LogP contribution is -2.13. The van der Waals surface area contributed by atoms with E-state index in [-0.39, 0.29) is 11.6 Å². The number of ether oxygens (including phenoxy) is 2. The van der Waals surface area contributed by atoms with Gasteiger partial charge in [-0.05, 0) is 0 Å². The number of rotatable bonds is 6. The van der Waals surface area contributed by atoms with Crippen LogP contribution in [0.1, 0.15) is 5.82 Å². The number of benzene rings is 1. The third-order valence-electron chi connectivity index (χ3n) is 3.14. The summed E-state index contributed by atoms with van der Waals surface area (Å²) in [7, 11) is 0.0234. The van der Waals surface area contributed by atoms with Gasteiger partial charge in [-0.25, -0.2) is 13.4 Å². The summed E-state index contributed by atoms with van der Waals surface area (Å²) >= 11 is 5.91. The molecule has 6 nitrogen and oxygen atoms in total. The van der Waals surface area contributed by atoms with E-state index in [2.05, 4.69) is 4.98 Å². The van der Waals surface area contributed by atoms with Crippen LogP contribution in [0.4, 0.5) is 0 Å². The summed E-state index contributed by atoms with van der Waals surface area (Å²) in [6.45, 7) is 0.298. The van der Waals surface area contributed by atoms with E-state index in [1.807, 2.05) is 0 Å². The second-order valence-electron chi connectivity index (χ2n) is 4.64. The van der Waals surface area contributed by atoms with Gasteiger partial charge in [0.25, 0.3) is 0 Å². The van der Waals surface area contributed by atoms with Crippen molar-refractivity contribution in [3.63, 3.8) is 0 Å². The molecule has 0 unspecified atom stereocenters. The number of aromatic nitrogens is 2. The van der Waals surface area contributed by atoms with Crippen molar-refractivity contribution in [2.75, 3.05) is 26.2 Å². The van der Waals surface area contributed by atoms with E-state index in [4.69, 9.17) is 21.1 Å². The van der Waals surface area contributed by atoms with Gasteiger partial charge in [0.1, 0.15) is 15.7 Å². The maximum Gasteiger partial charge on any atom is 0.163 e. The largest absolute Gasteiger partial charge is 0.493 e. The molecule has 2 aromatic rings. The van der Waals surface area contributed by atoms with Crippen LogP contribution in [0.2, 0.25) is 0 Å². The molecular weight excluding hydrogens is 316 g/mol. The first-order valence-electron chi connectivity index (χ1n) is 6.24. The Morgan fingerprint density at radius 1 is 1.24 bits per heavy atom. The molecule has 0 aliphatic carbocycles. The summed E-state index contributed by atoms with van der Waals surface area (Å²) in [4.78, 5) is 4.42. The van der Waals surface area contributed by atoms with E-state index in [0.29, 0.717) is 29.4 Å². The quantitative estimate of drug-likeness (QED) is 0.755. The van der Waals surface area contributed by atoms with Crippen LogP contribution in [0.25, 0.3) is 11.0 Å². The Morgan fingerprint density at radius 2 is 1.86 bits per heavy atom. The Hall–Kier alpha value is -1.47. The lowest BCUT2D eigenvalue weighted by atomic mass is 10.2. The standard InChI is InChI=1S/C13H17ClN2O4S/c1-19-11-6-9-10(7-12(11)20-2)16(13(8-14)15-9)4-5-21(3,17)18/h6-7H,4-5,8H2,1-3H3. The Morgan fingerprint density at radius 3 is 2.38 bits per heavy atom. The first-order valence-corrected chi connectivity index (χ1v) is 8.84. The fraction of sp³-hybridized carbons (Fsp3) is 0.462. The van der Waals surface area contributed by atoms with Crippen LogP contribution in [0.5, 0.6) is 11.5 Å². The van der Waals surface area contributed by atoms with E-state index in [9.17, 15) is 8.42 Å². The molecule has 0 saturated carbocycles. The fourth-order valence-corrected chi connectivity index (χ4v) is 2.83. The molecule has 0 spiro atoms. The lowest BCUT2D eigenvalue weighted by Gasteiger charge is -2.10. The maximum atomic E-state index is 11.4. The number of aryl methyl sites for hydroxylation is 1. The molecule has 0 aliphatic rings. The number of alkyl halides is 1. The van der Waals surface area contributed by atoms with Gasteiger partial charge < -0.3 is 14.0 Å². The number of hydrogen-bond acceptors (Lipinski definition) is 5. The van der Waals surface area contributed by atoms with E-state index in [1.54, 1.807) is 30.9 Å². The smallest absolute Gasteiger partial charge is 0.163 e. The summed E-state index contributed by atoms with van der Waals surface area (Å²) in [5.74, 6) is 1.97. The molecule has 0 saturated heterocycles. The van der Waals surface area contributed by atoms with Crippen LogP contribution in [-0.4, -0.2) is 44.2 Å². The normalized spacial score (nSPS) is 11.8. The maximum absolute atomic E-state index is 11.4. The molecule has 1 aromatic carbocycles. The molecule has 0 amide bonds. The zero-order chi connectivity index (χ0) is 15.6. The Bertz CT molecular complexity index is 755. The highest BCUT2D eigenvalue weighted by Crippen LogP contribution is 2.32. The number of halogens is 1. The third kappa shape index (κ3) is 3.41. The van der Waals surface area contributed by atoms with Gasteiger partial charge in [0, 0.05) is 24.9 Å². The summed E-state index contributed by atoms with van der Waals surface area (Å²) in [5, 5.41) is 0. The van der Waals surface area contributed by atoms with Crippen molar-refractivity contribution in [3.05, 3.63) is 18.0 Å². The first kappa shape index (κ1) is 15.9. The highest BCUT2D eigenvalue weighted by Gasteiger charge is 2.15. The van der Waals surface area contributed by atoms with Gasteiger partial charge in [0.2, 0.25) is 0 Å². The van der Waals surface area contributed by atoms with Gasteiger partial charge in [0.05, 0.1) is 36.9 Å². The monoisotopic (exact) mass is 332 g/mol. The highest BCUT2D eigenvalue weighted by atomic mass is 35.5. The molecule has 2 rings (SSSR count). The molecule has 0 N–H and O–H groups in total. The summed E-state index contributed by atoms with van der Waals surface area (Å²) in [6, 6.07) is 3.53. The van der Waals surface area contributed by atoms with Crippen molar-refractivity contribution in [2.45, 2.75) is 12.4 Å². The van der Waals surface area contributed by atoms with Crippen molar-refractivity contribution >= 4 is 32.5 Å². The minimum absolute atomic E-state index is 0.0245. The SMILES string of the molecule is COc1cc2nc(CCl)n(CCS(C)(=O)=O)c2cc1OC. The van der Waals surface area contributed by atoms with Crippen molar-refractivity contribution in [3.8, 4) is 11.5 Å². The van der Waals surface area contributed by atoms with Gasteiger partial charge in [-0.2, -0.15) is 0 Å². The number of fused-ring (bicyclic) bond motifs is 1. The fourth-order valence-electron chi connectivity index (χ4n) is 2.11. The van der Waals surface area contributed by atoms with E-state index < -0.39 is 9.84 Å². The molecule has 1 heterocycles. The first-order chi connectivity index (χ1) is 9.89. The lowest BCUT2D eigenvalue weighted by molar-refractivity contribution is 0.355. The molecule has 0 aliphatic heterocycles. The van der Waals surface area contributed by atoms with Crippen LogP contribution < -0.4 is 9.47 Å². The molecule has 21 heavy (non-hydrogen) atoms. The van der Waals surface area contributed by atoms with E-state index in [0.717, 1.165) is 5.52 Å². The molecular formula is C13H17ClN2O4S. The van der Waals surface area contributed by atoms with Crippen molar-refractivity contribution in [2.24, 2.45) is 0 Å². The number of imidazole rings is 1. The Labute approximate surface area is 128 Å². The summed E-state index contributed by atoms with van der Waals surface area (Å²) in [5.41, 5.74) is 1.46. The molecule has 0 bridgehead atoms. The van der Waals surface area contributed by atoms with Crippen molar-refractivity contribution in [1.29, 1.82) is 0 Å². The van der Waals surface area contributed by atoms with E-state index in [1.165, 1.54) is 6.26 Å². The summed E-state index contributed by atoms with van der Waals surface area (Å²) in [6.07, 6.45) is 1.20. The Kier molecular flexibility index (Phi) is 4.63. The molecule has 8 heteroatoms. The van der Waals surface area contributed by atoms with Crippen molar-refractivity contribution in [1.82, 2.24) is 9.55 Å². The molecule has 116 valence electrons. The third-order valence-corrected chi connectivity index (χ3v) is 4.30. The molecule has 0 fully saturated rings. The predicted molar refractivity (Wildman–Crippen MR) is 82.1 cm³/mol. The summed E-state index contributed by atoms with van der Waals surface area (Å²) < 4.78 is 35.1. The predicted octanol–water partition coefficient (Wildman–Crippen LogP) is 1.84. The zero-order valence-corrected chi connectivity index (χ0v) is 13.7. The van der Waals surface area contributed by atoms with Crippen LogP contribution in [0.15, 0.2) is 12.1 Å². The number of methoxy groups -OCH3 is 2. The topological polar surface area (TPSA) is 70.4 Å². The van der Waals surface area contributed by atoms with Gasteiger partial charge in [-0.15, -0.1) is 11.6 Å². The Balaban J connectivity index is 2.56. The highest BCUT2D eigenvalue weighted by molar-refractivity contribution is 7.90. The van der Waals surface area contributed by atoms with Crippen LogP contribution >= 0.6 is 11.6 Å². The minimum atomic E-state index is -3.07. The van der Waals surface area contributed by atoms with Crippen LogP contribution in [0, 0.1) is 0 Å². The van der Waals surface area contributed by atoms with Gasteiger partial charge in [-0.3, -0.25) is 0 Å². The molecule has 0 radical (unpaired) electrons.